The maximum Gasteiger partial charge on any atom is 0.310 e. The summed E-state index contributed by atoms with van der Waals surface area (Å²) < 4.78 is 37.2. The van der Waals surface area contributed by atoms with Crippen molar-refractivity contribution in [2.45, 2.75) is 129 Å². The smallest absolute Gasteiger partial charge is 0.310 e. The molecule has 0 aliphatic heterocycles. The second-order valence-electron chi connectivity index (χ2n) is 13.4. The molecule has 46 heavy (non-hydrogen) atoms. The zero-order valence-electron chi connectivity index (χ0n) is 29.9. The summed E-state index contributed by atoms with van der Waals surface area (Å²) in [5.74, 6) is -1.36. The van der Waals surface area contributed by atoms with E-state index in [1.807, 2.05) is 67.6 Å². The molecule has 0 saturated carbocycles. The van der Waals surface area contributed by atoms with Crippen LogP contribution in [0.4, 0.5) is 0 Å². The van der Waals surface area contributed by atoms with Crippen molar-refractivity contribution in [1.29, 1.82) is 0 Å². The van der Waals surface area contributed by atoms with Crippen molar-refractivity contribution in [3.05, 3.63) is 71.8 Å². The maximum absolute atomic E-state index is 13.4. The number of benzene rings is 2. The first kappa shape index (κ1) is 39.6. The average Bonchev–Trinajstić information content (AvgIpc) is 3.00. The molecule has 0 spiro atoms. The van der Waals surface area contributed by atoms with Gasteiger partial charge in [-0.25, -0.2) is 0 Å². The van der Waals surface area contributed by atoms with E-state index in [9.17, 15) is 9.59 Å². The van der Waals surface area contributed by atoms with Crippen molar-refractivity contribution in [2.75, 3.05) is 14.2 Å². The van der Waals surface area contributed by atoms with Gasteiger partial charge in [0.05, 0.1) is 19.1 Å². The van der Waals surface area contributed by atoms with Crippen molar-refractivity contribution >= 4 is 20.3 Å². The van der Waals surface area contributed by atoms with Gasteiger partial charge in [0.2, 0.25) is 8.32 Å². The second-order valence-corrected chi connectivity index (χ2v) is 18.8. The van der Waals surface area contributed by atoms with E-state index in [0.29, 0.717) is 23.0 Å². The molecule has 0 radical (unpaired) electrons. The molecular weight excluding hydrogens is 600 g/mol. The van der Waals surface area contributed by atoms with E-state index < -0.39 is 44.4 Å². The Balaban J connectivity index is 2.61. The average molecular weight is 659 g/mol. The number of hydrogen-bond donors (Lipinski definition) is 0. The Morgan fingerprint density at radius 2 is 1.24 bits per heavy atom. The van der Waals surface area contributed by atoms with Crippen LogP contribution < -0.4 is 0 Å². The summed E-state index contributed by atoms with van der Waals surface area (Å²) in [5.41, 5.74) is 1.41. The van der Waals surface area contributed by atoms with Crippen LogP contribution in [0.1, 0.15) is 86.3 Å². The third-order valence-electron chi connectivity index (χ3n) is 9.07. The van der Waals surface area contributed by atoms with Crippen LogP contribution in [-0.2, 0) is 50.9 Å². The Hall–Kier alpha value is -2.56. The van der Waals surface area contributed by atoms with Gasteiger partial charge in [0.25, 0.3) is 0 Å². The molecule has 0 amide bonds. The Labute approximate surface area is 278 Å². The summed E-state index contributed by atoms with van der Waals surface area (Å²) >= 11 is 0. The molecule has 2 aromatic carbocycles. The molecule has 0 aromatic heterocycles. The van der Waals surface area contributed by atoms with Crippen LogP contribution in [0.2, 0.25) is 16.6 Å². The molecule has 2 aromatic rings. The number of carbonyl (C=O) groups excluding carboxylic acids is 2. The van der Waals surface area contributed by atoms with Gasteiger partial charge in [-0.3, -0.25) is 9.59 Å². The number of esters is 2. The van der Waals surface area contributed by atoms with Crippen LogP contribution in [0.5, 0.6) is 0 Å². The molecule has 2 rings (SSSR count). The van der Waals surface area contributed by atoms with Crippen molar-refractivity contribution in [1.82, 2.24) is 0 Å². The van der Waals surface area contributed by atoms with Crippen molar-refractivity contribution in [3.63, 3.8) is 0 Å². The molecule has 0 heterocycles. The first-order valence-corrected chi connectivity index (χ1v) is 18.6. The van der Waals surface area contributed by atoms with Gasteiger partial charge >= 0.3 is 11.9 Å². The fraction of sp³-hybridized carbons (Fsp3) is 0.622. The predicted octanol–water partition coefficient (Wildman–Crippen LogP) is 8.23. The summed E-state index contributed by atoms with van der Waals surface area (Å²) in [5, 5.41) is 0. The molecule has 0 unspecified atom stereocenters. The molecule has 0 bridgehead atoms. The van der Waals surface area contributed by atoms with Crippen LogP contribution in [0.3, 0.4) is 0 Å². The molecule has 0 aliphatic carbocycles. The van der Waals surface area contributed by atoms with Gasteiger partial charge in [-0.1, -0.05) is 109 Å². The number of hydrogen-bond acceptors (Lipinski definition) is 8. The largest absolute Gasteiger partial charge is 0.461 e. The number of methoxy groups -OCH3 is 2. The van der Waals surface area contributed by atoms with Gasteiger partial charge in [0.1, 0.15) is 18.3 Å². The molecule has 0 aliphatic rings. The highest BCUT2D eigenvalue weighted by Crippen LogP contribution is 2.45. The lowest BCUT2D eigenvalue weighted by atomic mass is 9.82. The van der Waals surface area contributed by atoms with Crippen molar-refractivity contribution < 1.29 is 37.7 Å². The van der Waals surface area contributed by atoms with E-state index in [1.165, 1.54) is 6.92 Å². The normalized spacial score (nSPS) is 15.5. The Bertz CT molecular complexity index is 1150. The third kappa shape index (κ3) is 11.0. The summed E-state index contributed by atoms with van der Waals surface area (Å²) in [4.78, 5) is 26.1. The van der Waals surface area contributed by atoms with Crippen LogP contribution in [0, 0.1) is 5.92 Å². The van der Waals surface area contributed by atoms with E-state index in [4.69, 9.17) is 28.1 Å². The topological polar surface area (TPSA) is 89.5 Å². The monoisotopic (exact) mass is 658 g/mol. The van der Waals surface area contributed by atoms with E-state index in [1.54, 1.807) is 21.1 Å². The molecule has 9 heteroatoms. The summed E-state index contributed by atoms with van der Waals surface area (Å²) in [6, 6.07) is 19.3. The molecule has 4 atom stereocenters. The van der Waals surface area contributed by atoms with E-state index in [0.717, 1.165) is 11.1 Å². The number of rotatable bonds is 20. The minimum atomic E-state index is -2.42. The van der Waals surface area contributed by atoms with Crippen LogP contribution in [-0.4, -0.2) is 58.6 Å². The minimum absolute atomic E-state index is 0.112. The van der Waals surface area contributed by atoms with Gasteiger partial charge in [-0.15, -0.1) is 0 Å². The highest BCUT2D eigenvalue weighted by atomic mass is 28.4. The maximum atomic E-state index is 13.4. The van der Waals surface area contributed by atoms with Crippen LogP contribution in [0.15, 0.2) is 60.7 Å². The fourth-order valence-corrected chi connectivity index (χ4v) is 12.6. The number of ether oxygens (including phenoxy) is 5. The number of carbonyl (C=O) groups is 2. The van der Waals surface area contributed by atoms with E-state index >= 15 is 0 Å². The summed E-state index contributed by atoms with van der Waals surface area (Å²) in [6.07, 6.45) is -1.46. The first-order valence-electron chi connectivity index (χ1n) is 16.5. The quantitative estimate of drug-likeness (QED) is 0.0799. The zero-order valence-corrected chi connectivity index (χ0v) is 30.9. The van der Waals surface area contributed by atoms with Crippen LogP contribution in [0.25, 0.3) is 0 Å². The van der Waals surface area contributed by atoms with Gasteiger partial charge < -0.3 is 28.1 Å². The lowest BCUT2D eigenvalue weighted by Gasteiger charge is -2.48. The Morgan fingerprint density at radius 1 is 0.761 bits per heavy atom. The van der Waals surface area contributed by atoms with E-state index in [-0.39, 0.29) is 25.6 Å². The van der Waals surface area contributed by atoms with Crippen molar-refractivity contribution in [3.8, 4) is 0 Å². The lowest BCUT2D eigenvalue weighted by Crippen LogP contribution is -2.57. The fourth-order valence-electron chi connectivity index (χ4n) is 6.96. The molecule has 0 N–H and O–H groups in total. The zero-order chi connectivity index (χ0) is 34.5. The standard InChI is InChI=1S/C37H58O8Si/c1-26(2)46(27(3)4,28(5)6)45-33(22-35(40-10)41-11)29(7)36(43-25-32-20-16-13-17-21-32)37(9,44-30(8)38)23-34(39)42-24-31-18-14-12-15-19-31/h12-21,26-29,33,35-36H,22-25H2,1-11H3/t29-,33-,36+,37+/m0/s1. The summed E-state index contributed by atoms with van der Waals surface area (Å²) in [7, 11) is 0.810. The Kier molecular flexibility index (Phi) is 16.1. The lowest BCUT2D eigenvalue weighted by molar-refractivity contribution is -0.198. The van der Waals surface area contributed by atoms with Gasteiger partial charge in [-0.05, 0) is 34.7 Å². The first-order chi connectivity index (χ1) is 21.7. The molecule has 0 fully saturated rings. The second kappa shape index (κ2) is 18.7. The van der Waals surface area contributed by atoms with E-state index in [2.05, 4.69) is 41.5 Å². The minimum Gasteiger partial charge on any atom is -0.461 e. The highest BCUT2D eigenvalue weighted by molar-refractivity contribution is 6.77. The van der Waals surface area contributed by atoms with Gasteiger partial charge in [0, 0.05) is 33.5 Å². The molecular formula is C37H58O8Si. The van der Waals surface area contributed by atoms with Gasteiger partial charge in [-0.2, -0.15) is 0 Å². The highest BCUT2D eigenvalue weighted by Gasteiger charge is 2.51. The third-order valence-corrected chi connectivity index (χ3v) is 15.2. The molecule has 8 nitrogen and oxygen atoms in total. The predicted molar refractivity (Wildman–Crippen MR) is 184 cm³/mol. The van der Waals surface area contributed by atoms with Crippen molar-refractivity contribution in [2.24, 2.45) is 5.92 Å². The Morgan fingerprint density at radius 3 is 1.67 bits per heavy atom. The SMILES string of the molecule is COC(C[C@H](O[Si](C(C)C)(C(C)C)C(C)C)[C@H](C)[C@@H](OCc1ccccc1)[C@@](C)(CC(=O)OCc1ccccc1)OC(C)=O)OC. The summed E-state index contributed by atoms with van der Waals surface area (Å²) in [6.45, 7) is 19.0. The van der Waals surface area contributed by atoms with Crippen LogP contribution >= 0.6 is 0 Å². The molecule has 258 valence electrons. The van der Waals surface area contributed by atoms with Gasteiger partial charge in [0.15, 0.2) is 6.29 Å². The molecule has 0 saturated heterocycles.